The maximum absolute atomic E-state index is 12.8. The Morgan fingerprint density at radius 2 is 1.96 bits per heavy atom. The van der Waals surface area contributed by atoms with Gasteiger partial charge in [0.25, 0.3) is 0 Å². The Morgan fingerprint density at radius 3 is 2.37 bits per heavy atom. The highest BCUT2D eigenvalue weighted by Gasteiger charge is 2.59. The summed E-state index contributed by atoms with van der Waals surface area (Å²) in [5, 5.41) is 23.2. The van der Waals surface area contributed by atoms with E-state index in [0.717, 1.165) is 32.1 Å². The van der Waals surface area contributed by atoms with Crippen molar-refractivity contribution in [2.75, 3.05) is 13.2 Å². The van der Waals surface area contributed by atoms with Crippen LogP contribution in [0.15, 0.2) is 0 Å². The number of fused-ring (bicyclic) bond motifs is 2. The highest BCUT2D eigenvalue weighted by atomic mass is 16.5. The molecule has 0 heterocycles. The Bertz CT molecular complexity index is 600. The summed E-state index contributed by atoms with van der Waals surface area (Å²) in [5.74, 6) is -0.186. The van der Waals surface area contributed by atoms with E-state index in [1.165, 1.54) is 0 Å². The number of carboxylic acid groups (broad SMARTS) is 1. The van der Waals surface area contributed by atoms with E-state index in [-0.39, 0.29) is 36.4 Å². The predicted molar refractivity (Wildman–Crippen MR) is 101 cm³/mol. The standard InChI is InChI=1S/C21H35NO5/c1-13-7-8-20(13,19(2,3)4)18(26)27-12-16(23)11-22-21(17(24)25)10-14-5-6-15(21)9-14/h13-16,22-23H,5-12H2,1-4H3,(H,24,25). The van der Waals surface area contributed by atoms with Crippen LogP contribution in [0.3, 0.4) is 0 Å². The average molecular weight is 382 g/mol. The van der Waals surface area contributed by atoms with Crippen molar-refractivity contribution >= 4 is 11.9 Å². The van der Waals surface area contributed by atoms with Crippen molar-refractivity contribution in [2.24, 2.45) is 28.6 Å². The van der Waals surface area contributed by atoms with Gasteiger partial charge >= 0.3 is 11.9 Å². The Labute approximate surface area is 162 Å². The highest BCUT2D eigenvalue weighted by molar-refractivity contribution is 5.80. The summed E-state index contributed by atoms with van der Waals surface area (Å²) in [6, 6.07) is 0. The molecular formula is C21H35NO5. The van der Waals surface area contributed by atoms with Crippen LogP contribution in [0.25, 0.3) is 0 Å². The van der Waals surface area contributed by atoms with E-state index in [2.05, 4.69) is 33.0 Å². The molecule has 0 spiro atoms. The van der Waals surface area contributed by atoms with Crippen molar-refractivity contribution in [3.8, 4) is 0 Å². The molecule has 3 rings (SSSR count). The average Bonchev–Trinajstić information content (AvgIpc) is 3.17. The predicted octanol–water partition coefficient (Wildman–Crippen LogP) is 2.59. The van der Waals surface area contributed by atoms with Gasteiger partial charge in [0.05, 0.1) is 5.41 Å². The lowest BCUT2D eigenvalue weighted by atomic mass is 9.49. The van der Waals surface area contributed by atoms with Gasteiger partial charge < -0.3 is 14.9 Å². The summed E-state index contributed by atoms with van der Waals surface area (Å²) < 4.78 is 5.50. The molecule has 3 fully saturated rings. The molecule has 27 heavy (non-hydrogen) atoms. The third kappa shape index (κ3) is 3.29. The maximum Gasteiger partial charge on any atom is 0.324 e. The summed E-state index contributed by atoms with van der Waals surface area (Å²) in [6.07, 6.45) is 4.54. The smallest absolute Gasteiger partial charge is 0.324 e. The SMILES string of the molecule is CC1CCC1(C(=O)OCC(O)CNC1(C(=O)O)CC2CCC1C2)C(C)(C)C. The first kappa shape index (κ1) is 20.6. The van der Waals surface area contributed by atoms with Gasteiger partial charge in [0.15, 0.2) is 0 Å². The van der Waals surface area contributed by atoms with Crippen LogP contribution in [0.5, 0.6) is 0 Å². The van der Waals surface area contributed by atoms with E-state index >= 15 is 0 Å². The van der Waals surface area contributed by atoms with Gasteiger partial charge in [-0.15, -0.1) is 0 Å². The van der Waals surface area contributed by atoms with Crippen LogP contribution in [-0.4, -0.2) is 46.9 Å². The Hall–Kier alpha value is -1.14. The Morgan fingerprint density at radius 1 is 1.26 bits per heavy atom. The van der Waals surface area contributed by atoms with E-state index in [9.17, 15) is 19.8 Å². The number of aliphatic carboxylic acids is 1. The van der Waals surface area contributed by atoms with Crippen LogP contribution >= 0.6 is 0 Å². The van der Waals surface area contributed by atoms with Gasteiger partial charge in [0.1, 0.15) is 18.2 Å². The zero-order chi connectivity index (χ0) is 20.0. The zero-order valence-corrected chi connectivity index (χ0v) is 17.1. The minimum atomic E-state index is -0.928. The summed E-state index contributed by atoms with van der Waals surface area (Å²) >= 11 is 0. The third-order valence-corrected chi connectivity index (χ3v) is 7.81. The van der Waals surface area contributed by atoms with Gasteiger partial charge in [-0.25, -0.2) is 0 Å². The maximum atomic E-state index is 12.8. The summed E-state index contributed by atoms with van der Waals surface area (Å²) in [7, 11) is 0. The van der Waals surface area contributed by atoms with E-state index in [4.69, 9.17) is 4.74 Å². The number of aliphatic hydroxyl groups excluding tert-OH is 1. The van der Waals surface area contributed by atoms with E-state index < -0.39 is 23.0 Å². The van der Waals surface area contributed by atoms with Crippen molar-refractivity contribution in [3.63, 3.8) is 0 Å². The van der Waals surface area contributed by atoms with Gasteiger partial charge in [0, 0.05) is 6.54 Å². The van der Waals surface area contributed by atoms with Gasteiger partial charge in [-0.3, -0.25) is 14.9 Å². The fraction of sp³-hybridized carbons (Fsp3) is 0.905. The number of ether oxygens (including phenoxy) is 1. The monoisotopic (exact) mass is 381 g/mol. The molecule has 0 aromatic carbocycles. The molecule has 3 aliphatic rings. The summed E-state index contributed by atoms with van der Waals surface area (Å²) in [4.78, 5) is 24.7. The van der Waals surface area contributed by atoms with E-state index in [0.29, 0.717) is 12.3 Å². The molecule has 0 aromatic rings. The van der Waals surface area contributed by atoms with Crippen molar-refractivity contribution in [1.29, 1.82) is 0 Å². The minimum Gasteiger partial charge on any atom is -0.480 e. The molecule has 6 nitrogen and oxygen atoms in total. The Kier molecular flexibility index (Phi) is 5.36. The number of hydrogen-bond donors (Lipinski definition) is 3. The molecule has 6 atom stereocenters. The fourth-order valence-electron chi connectivity index (χ4n) is 5.99. The lowest BCUT2D eigenvalue weighted by Crippen LogP contribution is -2.58. The fourth-order valence-corrected chi connectivity index (χ4v) is 5.99. The molecule has 3 saturated carbocycles. The minimum absolute atomic E-state index is 0.0970. The second kappa shape index (κ2) is 7.03. The lowest BCUT2D eigenvalue weighted by Gasteiger charge is -2.54. The molecular weight excluding hydrogens is 346 g/mol. The van der Waals surface area contributed by atoms with E-state index in [1.54, 1.807) is 0 Å². The number of carboxylic acids is 1. The molecule has 6 unspecified atom stereocenters. The molecule has 0 aliphatic heterocycles. The zero-order valence-electron chi connectivity index (χ0n) is 17.1. The topological polar surface area (TPSA) is 95.9 Å². The molecule has 0 aromatic heterocycles. The van der Waals surface area contributed by atoms with Crippen LogP contribution in [0, 0.1) is 28.6 Å². The van der Waals surface area contributed by atoms with Crippen LogP contribution in [0.4, 0.5) is 0 Å². The van der Waals surface area contributed by atoms with Crippen LogP contribution in [0.1, 0.15) is 66.2 Å². The van der Waals surface area contributed by atoms with E-state index in [1.807, 2.05) is 0 Å². The number of aliphatic hydroxyl groups is 1. The van der Waals surface area contributed by atoms with Gasteiger partial charge in [-0.2, -0.15) is 0 Å². The van der Waals surface area contributed by atoms with Crippen molar-refractivity contribution in [3.05, 3.63) is 0 Å². The first-order valence-electron chi connectivity index (χ1n) is 10.4. The normalized spacial score (nSPS) is 39.1. The number of carbonyl (C=O) groups excluding carboxylic acids is 1. The van der Waals surface area contributed by atoms with Crippen molar-refractivity contribution < 1.29 is 24.5 Å². The van der Waals surface area contributed by atoms with Crippen molar-refractivity contribution in [1.82, 2.24) is 5.32 Å². The number of hydrogen-bond acceptors (Lipinski definition) is 5. The van der Waals surface area contributed by atoms with Gasteiger partial charge in [0.2, 0.25) is 0 Å². The van der Waals surface area contributed by atoms with Gasteiger partial charge in [-0.05, 0) is 55.3 Å². The number of carbonyl (C=O) groups is 2. The summed E-state index contributed by atoms with van der Waals surface area (Å²) in [5.41, 5.74) is -1.61. The molecule has 6 heteroatoms. The molecule has 0 radical (unpaired) electrons. The van der Waals surface area contributed by atoms with Crippen LogP contribution < -0.4 is 5.32 Å². The number of nitrogens with one attached hydrogen (secondary N) is 1. The second-order valence-corrected chi connectivity index (χ2v) is 10.2. The number of rotatable bonds is 7. The number of esters is 1. The lowest BCUT2D eigenvalue weighted by molar-refractivity contribution is -0.184. The van der Waals surface area contributed by atoms with Crippen molar-refractivity contribution in [2.45, 2.75) is 77.9 Å². The molecule has 3 N–H and O–H groups in total. The summed E-state index contributed by atoms with van der Waals surface area (Å²) in [6.45, 7) is 8.30. The first-order valence-corrected chi connectivity index (χ1v) is 10.4. The molecule has 3 aliphatic carbocycles. The second-order valence-electron chi connectivity index (χ2n) is 10.2. The largest absolute Gasteiger partial charge is 0.480 e. The number of β-amino-alcohol motifs (C(OH)–C–C–N with tert-alkyl or cyclic N) is 1. The molecule has 0 amide bonds. The van der Waals surface area contributed by atoms with Gasteiger partial charge in [-0.1, -0.05) is 34.1 Å². The molecule has 0 saturated heterocycles. The quantitative estimate of drug-likeness (QED) is 0.587. The van der Waals surface area contributed by atoms with Crippen LogP contribution in [-0.2, 0) is 14.3 Å². The van der Waals surface area contributed by atoms with Crippen LogP contribution in [0.2, 0.25) is 0 Å². The third-order valence-electron chi connectivity index (χ3n) is 7.81. The first-order chi connectivity index (χ1) is 12.5. The Balaban J connectivity index is 1.53. The molecule has 2 bridgehead atoms. The molecule has 154 valence electrons. The highest BCUT2D eigenvalue weighted by Crippen LogP contribution is 2.58.